The quantitative estimate of drug-likeness (QED) is 0.253. The minimum absolute atomic E-state index is 0.209. The molecule has 7 nitrogen and oxygen atoms in total. The van der Waals surface area contributed by atoms with Gasteiger partial charge in [-0.25, -0.2) is 9.79 Å². The lowest BCUT2D eigenvalue weighted by atomic mass is 9.90. The summed E-state index contributed by atoms with van der Waals surface area (Å²) in [7, 11) is 3.61. The van der Waals surface area contributed by atoms with E-state index in [0.717, 1.165) is 39.2 Å². The monoisotopic (exact) mass is 565 g/mol. The van der Waals surface area contributed by atoms with Gasteiger partial charge in [-0.05, 0) is 42.3 Å². The van der Waals surface area contributed by atoms with Gasteiger partial charge in [0, 0.05) is 35.3 Å². The first-order valence-electron chi connectivity index (χ1n) is 13.8. The average Bonchev–Trinajstić information content (AvgIpc) is 3.47. The highest BCUT2D eigenvalue weighted by molar-refractivity contribution is 7.07. The van der Waals surface area contributed by atoms with Gasteiger partial charge >= 0.3 is 5.97 Å². The van der Waals surface area contributed by atoms with Crippen molar-refractivity contribution in [1.29, 1.82) is 0 Å². The number of hydrogen-bond acceptors (Lipinski definition) is 6. The Morgan fingerprint density at radius 2 is 1.80 bits per heavy atom. The molecule has 8 heteroatoms. The zero-order valence-corrected chi connectivity index (χ0v) is 24.3. The molecule has 1 unspecified atom stereocenters. The molecule has 0 amide bonds. The second-order valence-corrected chi connectivity index (χ2v) is 11.0. The number of aromatic nitrogens is 2. The first kappa shape index (κ1) is 26.8. The fourth-order valence-corrected chi connectivity index (χ4v) is 6.77. The maximum absolute atomic E-state index is 14.3. The van der Waals surface area contributed by atoms with Gasteiger partial charge in [-0.15, -0.1) is 0 Å². The molecule has 3 heterocycles. The summed E-state index contributed by atoms with van der Waals surface area (Å²) in [6.45, 7) is 4.05. The van der Waals surface area contributed by atoms with Crippen molar-refractivity contribution >= 4 is 45.1 Å². The van der Waals surface area contributed by atoms with E-state index in [1.807, 2.05) is 67.9 Å². The Labute approximate surface area is 241 Å². The second-order valence-electron chi connectivity index (χ2n) is 10.0. The predicted octanol–water partition coefficient (Wildman–Crippen LogP) is 5.23. The van der Waals surface area contributed by atoms with Gasteiger partial charge < -0.3 is 14.0 Å². The van der Waals surface area contributed by atoms with Crippen LogP contribution in [0, 0.1) is 0 Å². The van der Waals surface area contributed by atoms with Crippen molar-refractivity contribution in [3.05, 3.63) is 109 Å². The number of esters is 1. The van der Waals surface area contributed by atoms with Crippen molar-refractivity contribution in [1.82, 2.24) is 9.13 Å². The molecular weight excluding hydrogens is 534 g/mol. The van der Waals surface area contributed by atoms with Crippen LogP contribution in [-0.2, 0) is 16.6 Å². The lowest BCUT2D eigenvalue weighted by Gasteiger charge is -2.28. The molecule has 0 bridgehead atoms. The third-order valence-corrected chi connectivity index (χ3v) is 8.51. The molecule has 208 valence electrons. The van der Waals surface area contributed by atoms with E-state index in [1.165, 1.54) is 11.3 Å². The Kier molecular flexibility index (Phi) is 7.09. The van der Waals surface area contributed by atoms with E-state index in [1.54, 1.807) is 18.6 Å². The third-order valence-electron chi connectivity index (χ3n) is 7.53. The summed E-state index contributed by atoms with van der Waals surface area (Å²) >= 11 is 1.34. The number of nitrogens with zero attached hydrogens (tertiary/aromatic N) is 3. The van der Waals surface area contributed by atoms with Gasteiger partial charge in [-0.2, -0.15) is 0 Å². The molecule has 0 spiro atoms. The topological polar surface area (TPSA) is 74.8 Å². The van der Waals surface area contributed by atoms with Crippen molar-refractivity contribution in [2.45, 2.75) is 32.7 Å². The van der Waals surface area contributed by atoms with Crippen LogP contribution in [-0.4, -0.2) is 28.8 Å². The van der Waals surface area contributed by atoms with Gasteiger partial charge in [0.05, 0.1) is 29.5 Å². The number of allylic oxidation sites excluding steroid dienone is 1. The summed E-state index contributed by atoms with van der Waals surface area (Å²) in [6, 6.07) is 19.2. The van der Waals surface area contributed by atoms with E-state index in [9.17, 15) is 9.59 Å². The number of para-hydroxylation sites is 1. The van der Waals surface area contributed by atoms with E-state index in [2.05, 4.69) is 23.6 Å². The van der Waals surface area contributed by atoms with E-state index in [4.69, 9.17) is 14.5 Å². The van der Waals surface area contributed by atoms with Crippen LogP contribution in [0.4, 0.5) is 0 Å². The lowest BCUT2D eigenvalue weighted by molar-refractivity contribution is -0.139. The largest absolute Gasteiger partial charge is 0.496 e. The first-order valence-corrected chi connectivity index (χ1v) is 14.6. The lowest BCUT2D eigenvalue weighted by Crippen LogP contribution is -2.40. The molecule has 6 rings (SSSR count). The molecule has 0 radical (unpaired) electrons. The highest BCUT2D eigenvalue weighted by Gasteiger charge is 2.37. The van der Waals surface area contributed by atoms with Crippen LogP contribution in [0.3, 0.4) is 0 Å². The minimum atomic E-state index is -0.762. The van der Waals surface area contributed by atoms with Gasteiger partial charge in [-0.3, -0.25) is 9.36 Å². The number of aryl methyl sites for hydroxylation is 1. The molecular formula is C33H31N3O4S. The van der Waals surface area contributed by atoms with Crippen LogP contribution in [0.25, 0.3) is 27.8 Å². The number of thiazole rings is 1. The standard InChI is InChI=1S/C33H31N3O4S/c1-5-11-24-29(32(38)40-6-2)30(28-23-14-8-7-12-20(23)16-17-26(28)39-4)36-31(37)27(41-33(36)34-24)18-21-19-35(3)25-15-10-9-13-22(21)25/h7-10,12-19,30H,5-6,11H2,1-4H3/b27-18+. The molecule has 0 fully saturated rings. The molecule has 1 atom stereocenters. The normalized spacial score (nSPS) is 15.3. The number of methoxy groups -OCH3 is 1. The van der Waals surface area contributed by atoms with E-state index in [0.29, 0.717) is 32.8 Å². The summed E-state index contributed by atoms with van der Waals surface area (Å²) in [5.41, 5.74) is 3.59. The second kappa shape index (κ2) is 10.9. The maximum atomic E-state index is 14.3. The summed E-state index contributed by atoms with van der Waals surface area (Å²) in [5, 5.41) is 2.95. The number of rotatable bonds is 7. The number of benzene rings is 3. The molecule has 1 aliphatic rings. The summed E-state index contributed by atoms with van der Waals surface area (Å²) in [6.07, 6.45) is 5.32. The van der Waals surface area contributed by atoms with E-state index in [-0.39, 0.29) is 12.2 Å². The fraction of sp³-hybridized carbons (Fsp3) is 0.242. The van der Waals surface area contributed by atoms with Gasteiger partial charge in [0.2, 0.25) is 0 Å². The zero-order chi connectivity index (χ0) is 28.7. The molecule has 2 aromatic heterocycles. The molecule has 3 aromatic carbocycles. The fourth-order valence-electron chi connectivity index (χ4n) is 5.76. The average molecular weight is 566 g/mol. The van der Waals surface area contributed by atoms with Gasteiger partial charge in [-0.1, -0.05) is 73.2 Å². The van der Waals surface area contributed by atoms with Crippen LogP contribution >= 0.6 is 11.3 Å². The highest BCUT2D eigenvalue weighted by atomic mass is 32.1. The number of ether oxygens (including phenoxy) is 2. The molecule has 0 aliphatic carbocycles. The Bertz CT molecular complexity index is 2030. The first-order chi connectivity index (χ1) is 20.0. The SMILES string of the molecule is CCCC1=C(C(=O)OCC)C(c2c(OC)ccc3ccccc23)n2c(s/c(=C/c3cn(C)c4ccccc34)c2=O)=N1. The number of fused-ring (bicyclic) bond motifs is 3. The van der Waals surface area contributed by atoms with Crippen molar-refractivity contribution in [3.63, 3.8) is 0 Å². The van der Waals surface area contributed by atoms with Crippen molar-refractivity contribution < 1.29 is 14.3 Å². The number of carbonyl (C=O) groups is 1. The summed E-state index contributed by atoms with van der Waals surface area (Å²) < 4.78 is 15.7. The molecule has 41 heavy (non-hydrogen) atoms. The number of hydrogen-bond donors (Lipinski definition) is 0. The van der Waals surface area contributed by atoms with Crippen molar-refractivity contribution in [2.75, 3.05) is 13.7 Å². The molecule has 0 N–H and O–H groups in total. The Morgan fingerprint density at radius 1 is 1.05 bits per heavy atom. The van der Waals surface area contributed by atoms with Crippen molar-refractivity contribution in [3.8, 4) is 5.75 Å². The number of carbonyl (C=O) groups excluding carboxylic acids is 1. The maximum Gasteiger partial charge on any atom is 0.338 e. The Hall–Kier alpha value is -4.43. The van der Waals surface area contributed by atoms with Crippen LogP contribution in [0.15, 0.2) is 87.9 Å². The highest BCUT2D eigenvalue weighted by Crippen LogP contribution is 2.41. The Balaban J connectivity index is 1.70. The minimum Gasteiger partial charge on any atom is -0.496 e. The molecule has 1 aliphatic heterocycles. The van der Waals surface area contributed by atoms with Crippen LogP contribution in [0.1, 0.15) is 43.9 Å². The van der Waals surface area contributed by atoms with Crippen molar-refractivity contribution in [2.24, 2.45) is 12.0 Å². The Morgan fingerprint density at radius 3 is 2.56 bits per heavy atom. The molecule has 0 saturated carbocycles. The summed E-state index contributed by atoms with van der Waals surface area (Å²) in [4.78, 5) is 33.5. The zero-order valence-electron chi connectivity index (χ0n) is 23.5. The van der Waals surface area contributed by atoms with E-state index >= 15 is 0 Å². The van der Waals surface area contributed by atoms with Crippen LogP contribution < -0.4 is 19.6 Å². The molecule has 0 saturated heterocycles. The van der Waals surface area contributed by atoms with E-state index < -0.39 is 12.0 Å². The van der Waals surface area contributed by atoms with Gasteiger partial charge in [0.1, 0.15) is 11.8 Å². The van der Waals surface area contributed by atoms with Gasteiger partial charge in [0.25, 0.3) is 5.56 Å². The predicted molar refractivity (Wildman–Crippen MR) is 163 cm³/mol. The van der Waals surface area contributed by atoms with Crippen LogP contribution in [0.5, 0.6) is 5.75 Å². The summed E-state index contributed by atoms with van der Waals surface area (Å²) in [5.74, 6) is 0.125. The third kappa shape index (κ3) is 4.48. The molecule has 5 aromatic rings. The smallest absolute Gasteiger partial charge is 0.338 e. The van der Waals surface area contributed by atoms with Crippen LogP contribution in [0.2, 0.25) is 0 Å². The van der Waals surface area contributed by atoms with Gasteiger partial charge in [0.15, 0.2) is 4.80 Å².